The van der Waals surface area contributed by atoms with Gasteiger partial charge in [-0.2, -0.15) is 0 Å². The first-order chi connectivity index (χ1) is 11.2. The molecule has 1 spiro atoms. The summed E-state index contributed by atoms with van der Waals surface area (Å²) in [6.45, 7) is 6.85. The number of carbonyl (C=O) groups is 1. The van der Waals surface area contributed by atoms with Gasteiger partial charge in [-0.05, 0) is 51.7 Å². The van der Waals surface area contributed by atoms with E-state index in [1.165, 1.54) is 10.5 Å². The maximum atomic E-state index is 12.6. The molecule has 2 aliphatic rings. The highest BCUT2D eigenvalue weighted by atomic mass is 32.2. The molecule has 2 atom stereocenters. The first-order valence-electron chi connectivity index (χ1n) is 8.34. The van der Waals surface area contributed by atoms with E-state index < -0.39 is 17.5 Å². The number of piperidine rings is 1. The van der Waals surface area contributed by atoms with Gasteiger partial charge in [0, 0.05) is 36.1 Å². The summed E-state index contributed by atoms with van der Waals surface area (Å²) >= 11 is -1.17. The molecule has 24 heavy (non-hydrogen) atoms. The lowest BCUT2D eigenvalue weighted by Crippen LogP contribution is -2.56. The second-order valence-corrected chi connectivity index (χ2v) is 9.69. The third-order valence-electron chi connectivity index (χ3n) is 5.19. The molecule has 1 amide bonds. The van der Waals surface area contributed by atoms with Gasteiger partial charge in [-0.1, -0.05) is 6.07 Å². The minimum absolute atomic E-state index is 0.0263. The molecule has 0 bridgehead atoms. The van der Waals surface area contributed by atoms with Gasteiger partial charge >= 0.3 is 6.09 Å². The summed E-state index contributed by atoms with van der Waals surface area (Å²) in [5.41, 5.74) is 2.01. The highest BCUT2D eigenvalue weighted by Crippen LogP contribution is 2.45. The predicted octanol–water partition coefficient (Wildman–Crippen LogP) is 2.07. The van der Waals surface area contributed by atoms with Crippen LogP contribution < -0.4 is 4.72 Å². The molecule has 2 heterocycles. The third kappa shape index (κ3) is 3.00. The number of carboxylic acid groups (broad SMARTS) is 1. The molecular formula is C17H25N3O3S. The van der Waals surface area contributed by atoms with E-state index in [0.717, 1.165) is 12.1 Å². The normalized spacial score (nSPS) is 24.0. The van der Waals surface area contributed by atoms with Crippen molar-refractivity contribution in [2.45, 2.75) is 56.2 Å². The summed E-state index contributed by atoms with van der Waals surface area (Å²) in [6, 6.07) is 4.04. The molecule has 132 valence electrons. The van der Waals surface area contributed by atoms with Gasteiger partial charge in [0.2, 0.25) is 0 Å². The van der Waals surface area contributed by atoms with Gasteiger partial charge < -0.3 is 14.6 Å². The average molecular weight is 351 g/mol. The molecule has 1 aliphatic heterocycles. The predicted molar refractivity (Wildman–Crippen MR) is 93.3 cm³/mol. The first-order valence-corrected chi connectivity index (χ1v) is 9.49. The van der Waals surface area contributed by atoms with Gasteiger partial charge in [-0.3, -0.25) is 4.98 Å². The third-order valence-corrected chi connectivity index (χ3v) is 6.80. The van der Waals surface area contributed by atoms with Crippen molar-refractivity contribution in [3.8, 4) is 0 Å². The summed E-state index contributed by atoms with van der Waals surface area (Å²) < 4.78 is 15.6. The van der Waals surface area contributed by atoms with Crippen LogP contribution in [0.15, 0.2) is 18.3 Å². The SMILES string of the molecule is CC(C)(C)[S@+]([O-])N[C@@H]1Cc2cccnc2C12CCN(C(=O)O)CC2. The first kappa shape index (κ1) is 17.5. The molecule has 0 unspecified atom stereocenters. The van der Waals surface area contributed by atoms with Crippen molar-refractivity contribution in [1.29, 1.82) is 0 Å². The molecule has 0 aromatic carbocycles. The van der Waals surface area contributed by atoms with Crippen LogP contribution in [0.4, 0.5) is 4.79 Å². The van der Waals surface area contributed by atoms with Crippen molar-refractivity contribution in [1.82, 2.24) is 14.6 Å². The molecule has 0 saturated carbocycles. The Hall–Kier alpha value is -1.31. The molecule has 2 N–H and O–H groups in total. The number of pyridine rings is 1. The highest BCUT2D eigenvalue weighted by molar-refractivity contribution is 7.90. The second kappa shape index (κ2) is 6.20. The van der Waals surface area contributed by atoms with Crippen molar-refractivity contribution in [2.24, 2.45) is 0 Å². The molecule has 1 aliphatic carbocycles. The van der Waals surface area contributed by atoms with Crippen molar-refractivity contribution >= 4 is 17.5 Å². The van der Waals surface area contributed by atoms with Crippen molar-refractivity contribution < 1.29 is 14.5 Å². The minimum atomic E-state index is -1.17. The van der Waals surface area contributed by atoms with Gasteiger partial charge in [0.1, 0.15) is 4.75 Å². The van der Waals surface area contributed by atoms with Crippen LogP contribution in [0.1, 0.15) is 44.9 Å². The van der Waals surface area contributed by atoms with E-state index in [2.05, 4.69) is 15.8 Å². The number of amides is 1. The van der Waals surface area contributed by atoms with Gasteiger partial charge in [0.15, 0.2) is 0 Å². The minimum Gasteiger partial charge on any atom is -0.598 e. The Kier molecular flexibility index (Phi) is 4.53. The van der Waals surface area contributed by atoms with Crippen molar-refractivity contribution in [2.75, 3.05) is 13.1 Å². The van der Waals surface area contributed by atoms with Crippen molar-refractivity contribution in [3.05, 3.63) is 29.6 Å². The summed E-state index contributed by atoms with van der Waals surface area (Å²) in [5.74, 6) is 0. The molecule has 1 fully saturated rings. The summed E-state index contributed by atoms with van der Waals surface area (Å²) in [4.78, 5) is 17.3. The van der Waals surface area contributed by atoms with Crippen LogP contribution in [-0.4, -0.2) is 49.5 Å². The molecule has 6 nitrogen and oxygen atoms in total. The summed E-state index contributed by atoms with van der Waals surface area (Å²) in [5, 5.41) is 9.23. The topological polar surface area (TPSA) is 88.5 Å². The van der Waals surface area contributed by atoms with Crippen LogP contribution in [-0.2, 0) is 23.2 Å². The zero-order chi connectivity index (χ0) is 17.5. The van der Waals surface area contributed by atoms with Gasteiger partial charge in [0.25, 0.3) is 0 Å². The number of hydrogen-bond acceptors (Lipinski definition) is 4. The number of rotatable bonds is 2. The van der Waals surface area contributed by atoms with E-state index in [1.807, 2.05) is 26.8 Å². The van der Waals surface area contributed by atoms with E-state index in [0.29, 0.717) is 25.9 Å². The fourth-order valence-electron chi connectivity index (χ4n) is 3.77. The van der Waals surface area contributed by atoms with E-state index >= 15 is 0 Å². The monoisotopic (exact) mass is 351 g/mol. The number of nitrogens with zero attached hydrogens (tertiary/aromatic N) is 2. The van der Waals surface area contributed by atoms with Crippen molar-refractivity contribution in [3.63, 3.8) is 0 Å². The average Bonchev–Trinajstić information content (AvgIpc) is 2.81. The molecule has 1 aromatic rings. The smallest absolute Gasteiger partial charge is 0.407 e. The summed E-state index contributed by atoms with van der Waals surface area (Å²) in [7, 11) is 0. The van der Waals surface area contributed by atoms with Gasteiger partial charge in [0.05, 0.1) is 11.7 Å². The van der Waals surface area contributed by atoms with Crippen LogP contribution in [0.25, 0.3) is 0 Å². The Bertz CT molecular complexity index is 624. The fraction of sp³-hybridized carbons (Fsp3) is 0.647. The lowest BCUT2D eigenvalue weighted by molar-refractivity contribution is 0.109. The van der Waals surface area contributed by atoms with Crippen LogP contribution in [0.5, 0.6) is 0 Å². The highest BCUT2D eigenvalue weighted by Gasteiger charge is 2.52. The van der Waals surface area contributed by atoms with E-state index in [1.54, 1.807) is 6.20 Å². The number of fused-ring (bicyclic) bond motifs is 2. The molecule has 1 aromatic heterocycles. The zero-order valence-electron chi connectivity index (χ0n) is 14.4. The van der Waals surface area contributed by atoms with Crippen LogP contribution >= 0.6 is 0 Å². The Labute approximate surface area is 146 Å². The molecule has 7 heteroatoms. The quantitative estimate of drug-likeness (QED) is 0.796. The van der Waals surface area contributed by atoms with Crippen LogP contribution in [0, 0.1) is 0 Å². The number of likely N-dealkylation sites (tertiary alicyclic amines) is 1. The molecule has 3 rings (SSSR count). The zero-order valence-corrected chi connectivity index (χ0v) is 15.2. The fourth-order valence-corrected chi connectivity index (χ4v) is 4.70. The molecule has 0 radical (unpaired) electrons. The standard InChI is InChI=1S/C17H25N3O3S/c1-16(2,3)24(23)19-13-11-12-5-4-8-18-14(12)17(13)6-9-20(10-7-17)15(21)22/h4-5,8,13,19H,6-7,9-11H2,1-3H3,(H,21,22)/t13-,24+/m1/s1. The summed E-state index contributed by atoms with van der Waals surface area (Å²) in [6.07, 6.45) is 3.14. The Balaban J connectivity index is 1.88. The largest absolute Gasteiger partial charge is 0.598 e. The second-order valence-electron chi connectivity index (χ2n) is 7.69. The lowest BCUT2D eigenvalue weighted by Gasteiger charge is -2.42. The van der Waals surface area contributed by atoms with Gasteiger partial charge in [-0.15, -0.1) is 4.72 Å². The maximum Gasteiger partial charge on any atom is 0.407 e. The Morgan fingerprint density at radius 2 is 2.12 bits per heavy atom. The number of hydrogen-bond donors (Lipinski definition) is 2. The lowest BCUT2D eigenvalue weighted by atomic mass is 9.73. The molecule has 1 saturated heterocycles. The number of nitrogens with one attached hydrogen (secondary N) is 1. The van der Waals surface area contributed by atoms with E-state index in [-0.39, 0.29) is 16.2 Å². The number of aromatic nitrogens is 1. The van der Waals surface area contributed by atoms with E-state index in [9.17, 15) is 14.5 Å². The van der Waals surface area contributed by atoms with Gasteiger partial charge in [-0.25, -0.2) is 4.79 Å². The van der Waals surface area contributed by atoms with E-state index in [4.69, 9.17) is 0 Å². The van der Waals surface area contributed by atoms with Crippen LogP contribution in [0.2, 0.25) is 0 Å². The molecular weight excluding hydrogens is 326 g/mol. The van der Waals surface area contributed by atoms with Crippen LogP contribution in [0.3, 0.4) is 0 Å². The maximum absolute atomic E-state index is 12.6. The Morgan fingerprint density at radius 3 is 2.71 bits per heavy atom. The Morgan fingerprint density at radius 1 is 1.46 bits per heavy atom.